The van der Waals surface area contributed by atoms with Gasteiger partial charge in [-0.2, -0.15) is 5.10 Å². The number of nitrogens with one attached hydrogen (secondary N) is 1. The van der Waals surface area contributed by atoms with Crippen molar-refractivity contribution >= 4 is 23.5 Å². The van der Waals surface area contributed by atoms with Gasteiger partial charge in [-0.1, -0.05) is 17.7 Å². The van der Waals surface area contributed by atoms with Crippen LogP contribution in [-0.4, -0.2) is 30.5 Å². The molecule has 0 aliphatic heterocycles. The smallest absolute Gasteiger partial charge is 0.251 e. The summed E-state index contributed by atoms with van der Waals surface area (Å²) in [5.74, 6) is -0.493. The molecule has 0 spiro atoms. The number of benzene rings is 1. The number of halogens is 2. The predicted octanol–water partition coefficient (Wildman–Crippen LogP) is 2.82. The number of amides is 1. The Morgan fingerprint density at radius 2 is 2.20 bits per heavy atom. The largest absolute Gasteiger partial charge is 0.291 e. The summed E-state index contributed by atoms with van der Waals surface area (Å²) >= 11 is 6.00. The van der Waals surface area contributed by atoms with E-state index in [1.54, 1.807) is 23.9 Å². The maximum Gasteiger partial charge on any atom is 0.251 e. The number of nitrogens with zero attached hydrogens (tertiary/aromatic N) is 5. The lowest BCUT2D eigenvalue weighted by atomic mass is 10.2. The van der Waals surface area contributed by atoms with Gasteiger partial charge in [0, 0.05) is 16.9 Å². The first kappa shape index (κ1) is 17.1. The van der Waals surface area contributed by atoms with Crippen molar-refractivity contribution in [1.82, 2.24) is 24.5 Å². The fourth-order valence-corrected chi connectivity index (χ4v) is 2.59. The van der Waals surface area contributed by atoms with Gasteiger partial charge in [-0.15, -0.1) is 5.10 Å². The van der Waals surface area contributed by atoms with Gasteiger partial charge < -0.3 is 0 Å². The molecule has 0 aliphatic rings. The van der Waals surface area contributed by atoms with E-state index in [2.05, 4.69) is 20.5 Å². The Morgan fingerprint density at radius 3 is 2.88 bits per heavy atom. The highest BCUT2D eigenvalue weighted by Gasteiger charge is 2.18. The number of hydrogen-bond acceptors (Lipinski definition) is 4. The lowest BCUT2D eigenvalue weighted by Gasteiger charge is -2.12. The summed E-state index contributed by atoms with van der Waals surface area (Å²) in [6, 6.07) is 5.48. The van der Waals surface area contributed by atoms with E-state index in [0.29, 0.717) is 17.1 Å². The average Bonchev–Trinajstić information content (AvgIpc) is 3.18. The fraction of sp³-hybridized carbons (Fsp3) is 0.250. The Hall–Kier alpha value is -2.74. The zero-order valence-corrected chi connectivity index (χ0v) is 14.4. The Balaban J connectivity index is 1.67. The molecule has 3 aromatic rings. The van der Waals surface area contributed by atoms with E-state index in [9.17, 15) is 9.18 Å². The van der Waals surface area contributed by atoms with Gasteiger partial charge in [0.05, 0.1) is 6.54 Å². The third kappa shape index (κ3) is 3.85. The van der Waals surface area contributed by atoms with Crippen molar-refractivity contribution in [2.24, 2.45) is 0 Å². The van der Waals surface area contributed by atoms with Crippen LogP contribution in [0.1, 0.15) is 24.2 Å². The third-order valence-electron chi connectivity index (χ3n) is 3.73. The van der Waals surface area contributed by atoms with Crippen LogP contribution in [0.15, 0.2) is 36.8 Å². The summed E-state index contributed by atoms with van der Waals surface area (Å²) < 4.78 is 16.2. The maximum absolute atomic E-state index is 13.1. The maximum atomic E-state index is 13.1. The molecule has 2 aromatic heterocycles. The lowest BCUT2D eigenvalue weighted by molar-refractivity contribution is -0.119. The van der Waals surface area contributed by atoms with Crippen LogP contribution in [0.5, 0.6) is 0 Å². The van der Waals surface area contributed by atoms with Crippen molar-refractivity contribution in [2.75, 3.05) is 5.32 Å². The second-order valence-electron chi connectivity index (χ2n) is 5.58. The standard InChI is InChI=1S/C16H16ClFN6O/c1-10-5-6-20-24(10)11(2)15(25)21-16-19-9-23(22-16)8-12-3-4-13(18)7-14(12)17/h3-7,9,11H,8H2,1-2H3,(H,21,22,25). The van der Waals surface area contributed by atoms with Crippen LogP contribution in [0, 0.1) is 12.7 Å². The van der Waals surface area contributed by atoms with Crippen LogP contribution in [-0.2, 0) is 11.3 Å². The van der Waals surface area contributed by atoms with Crippen molar-refractivity contribution < 1.29 is 9.18 Å². The highest BCUT2D eigenvalue weighted by atomic mass is 35.5. The summed E-state index contributed by atoms with van der Waals surface area (Å²) in [5, 5.41) is 11.3. The molecule has 3 rings (SSSR count). The minimum absolute atomic E-state index is 0.180. The molecule has 0 bridgehead atoms. The van der Waals surface area contributed by atoms with Gasteiger partial charge in [0.2, 0.25) is 5.95 Å². The van der Waals surface area contributed by atoms with E-state index >= 15 is 0 Å². The van der Waals surface area contributed by atoms with E-state index < -0.39 is 11.9 Å². The van der Waals surface area contributed by atoms with Crippen molar-refractivity contribution in [2.45, 2.75) is 26.4 Å². The summed E-state index contributed by atoms with van der Waals surface area (Å²) in [7, 11) is 0. The molecule has 1 N–H and O–H groups in total. The molecule has 130 valence electrons. The molecule has 0 saturated carbocycles. The van der Waals surface area contributed by atoms with Crippen LogP contribution >= 0.6 is 11.6 Å². The number of rotatable bonds is 5. The van der Waals surface area contributed by atoms with E-state index in [0.717, 1.165) is 5.69 Å². The molecule has 7 nitrogen and oxygen atoms in total. The molecule has 1 atom stereocenters. The number of anilines is 1. The molecule has 1 amide bonds. The summed E-state index contributed by atoms with van der Waals surface area (Å²) in [5.41, 5.74) is 1.58. The fourth-order valence-electron chi connectivity index (χ4n) is 2.36. The number of aromatic nitrogens is 5. The lowest BCUT2D eigenvalue weighted by Crippen LogP contribution is -2.25. The summed E-state index contributed by atoms with van der Waals surface area (Å²) in [6.45, 7) is 3.93. The van der Waals surface area contributed by atoms with Crippen LogP contribution in [0.4, 0.5) is 10.3 Å². The minimum atomic E-state index is -0.492. The molecule has 0 fully saturated rings. The van der Waals surface area contributed by atoms with Gasteiger partial charge in [-0.25, -0.2) is 14.1 Å². The molecule has 9 heteroatoms. The van der Waals surface area contributed by atoms with Gasteiger partial charge in [0.25, 0.3) is 5.91 Å². The van der Waals surface area contributed by atoms with Crippen LogP contribution < -0.4 is 5.32 Å². The average molecular weight is 363 g/mol. The van der Waals surface area contributed by atoms with Gasteiger partial charge in [0.1, 0.15) is 18.2 Å². The molecular formula is C16H16ClFN6O. The molecule has 25 heavy (non-hydrogen) atoms. The van der Waals surface area contributed by atoms with E-state index in [1.807, 2.05) is 13.0 Å². The van der Waals surface area contributed by atoms with Crippen molar-refractivity contribution in [3.8, 4) is 0 Å². The highest BCUT2D eigenvalue weighted by molar-refractivity contribution is 6.31. The second kappa shape index (κ2) is 7.02. The Bertz CT molecular complexity index is 906. The van der Waals surface area contributed by atoms with E-state index in [-0.39, 0.29) is 11.9 Å². The molecule has 1 aromatic carbocycles. The van der Waals surface area contributed by atoms with Gasteiger partial charge in [0.15, 0.2) is 0 Å². The molecular weight excluding hydrogens is 347 g/mol. The second-order valence-corrected chi connectivity index (χ2v) is 5.99. The van der Waals surface area contributed by atoms with Crippen molar-refractivity contribution in [3.63, 3.8) is 0 Å². The van der Waals surface area contributed by atoms with Crippen molar-refractivity contribution in [1.29, 1.82) is 0 Å². The first-order valence-corrected chi connectivity index (χ1v) is 7.96. The zero-order chi connectivity index (χ0) is 18.0. The molecule has 2 heterocycles. The van der Waals surface area contributed by atoms with E-state index in [4.69, 9.17) is 11.6 Å². The first-order chi connectivity index (χ1) is 11.9. The summed E-state index contributed by atoms with van der Waals surface area (Å²) in [6.07, 6.45) is 3.11. The minimum Gasteiger partial charge on any atom is -0.291 e. The Labute approximate surface area is 148 Å². The normalized spacial score (nSPS) is 12.2. The zero-order valence-electron chi connectivity index (χ0n) is 13.6. The third-order valence-corrected chi connectivity index (χ3v) is 4.09. The molecule has 1 unspecified atom stereocenters. The summed E-state index contributed by atoms with van der Waals surface area (Å²) in [4.78, 5) is 16.4. The quantitative estimate of drug-likeness (QED) is 0.757. The topological polar surface area (TPSA) is 77.6 Å². The Kier molecular flexibility index (Phi) is 4.80. The number of carbonyl (C=O) groups is 1. The van der Waals surface area contributed by atoms with E-state index in [1.165, 1.54) is 23.1 Å². The SMILES string of the molecule is Cc1ccnn1C(C)C(=O)Nc1ncn(Cc2ccc(F)cc2Cl)n1. The molecule has 0 aliphatic carbocycles. The number of carbonyl (C=O) groups excluding carboxylic acids is 1. The van der Waals surface area contributed by atoms with Gasteiger partial charge in [-0.3, -0.25) is 14.8 Å². The van der Waals surface area contributed by atoms with Gasteiger partial charge >= 0.3 is 0 Å². The highest BCUT2D eigenvalue weighted by Crippen LogP contribution is 2.18. The van der Waals surface area contributed by atoms with Crippen LogP contribution in [0.3, 0.4) is 0 Å². The molecule has 0 saturated heterocycles. The number of hydrogen-bond donors (Lipinski definition) is 1. The van der Waals surface area contributed by atoms with Crippen LogP contribution in [0.25, 0.3) is 0 Å². The monoisotopic (exact) mass is 362 g/mol. The van der Waals surface area contributed by atoms with Crippen molar-refractivity contribution in [3.05, 3.63) is 58.9 Å². The van der Waals surface area contributed by atoms with Gasteiger partial charge in [-0.05, 0) is 37.6 Å². The molecule has 0 radical (unpaired) electrons. The number of aryl methyl sites for hydroxylation is 1. The Morgan fingerprint density at radius 1 is 1.40 bits per heavy atom. The first-order valence-electron chi connectivity index (χ1n) is 7.58. The predicted molar refractivity (Wildman–Crippen MR) is 90.8 cm³/mol. The van der Waals surface area contributed by atoms with Crippen LogP contribution in [0.2, 0.25) is 5.02 Å².